The predicted molar refractivity (Wildman–Crippen MR) is 111 cm³/mol. The second-order valence-electron chi connectivity index (χ2n) is 7.68. The molecule has 1 rings (SSSR count). The molecule has 0 aliphatic rings. The zero-order valence-corrected chi connectivity index (χ0v) is 18.1. The lowest BCUT2D eigenvalue weighted by atomic mass is 10.0. The summed E-state index contributed by atoms with van der Waals surface area (Å²) in [5.74, 6) is -1.54. The molecule has 30 heavy (non-hydrogen) atoms. The Morgan fingerprint density at radius 2 is 1.63 bits per heavy atom. The molecule has 166 valence electrons. The minimum atomic E-state index is -1.03. The predicted octanol–water partition coefficient (Wildman–Crippen LogP) is 1.31. The fourth-order valence-corrected chi connectivity index (χ4v) is 2.57. The van der Waals surface area contributed by atoms with E-state index in [1.165, 1.54) is 14.2 Å². The van der Waals surface area contributed by atoms with Gasteiger partial charge in [0.2, 0.25) is 11.8 Å². The van der Waals surface area contributed by atoms with Crippen LogP contribution < -0.4 is 16.0 Å². The normalized spacial score (nSPS) is 12.8. The Hall–Kier alpha value is -3.10. The number of carbonyl (C=O) groups excluding carboxylic acids is 4. The van der Waals surface area contributed by atoms with Gasteiger partial charge in [-0.2, -0.15) is 0 Å². The average Bonchev–Trinajstić information content (AvgIpc) is 2.68. The second-order valence-corrected chi connectivity index (χ2v) is 7.68. The highest BCUT2D eigenvalue weighted by atomic mass is 16.6. The van der Waals surface area contributed by atoms with E-state index in [0.29, 0.717) is 0 Å². The lowest BCUT2D eigenvalue weighted by Crippen LogP contribution is -2.53. The molecule has 1 aromatic carbocycles. The first-order valence-electron chi connectivity index (χ1n) is 9.68. The van der Waals surface area contributed by atoms with E-state index in [-0.39, 0.29) is 25.2 Å². The van der Waals surface area contributed by atoms with E-state index in [1.54, 1.807) is 20.8 Å². The molecular formula is C21H31N3O6. The van der Waals surface area contributed by atoms with Crippen molar-refractivity contribution in [3.63, 3.8) is 0 Å². The Balaban J connectivity index is 2.95. The number of amides is 3. The van der Waals surface area contributed by atoms with Gasteiger partial charge in [-0.1, -0.05) is 30.3 Å². The van der Waals surface area contributed by atoms with E-state index in [1.807, 2.05) is 30.3 Å². The Morgan fingerprint density at radius 1 is 1.00 bits per heavy atom. The molecule has 9 heteroatoms. The maximum atomic E-state index is 12.9. The Morgan fingerprint density at radius 3 is 2.17 bits per heavy atom. The van der Waals surface area contributed by atoms with Gasteiger partial charge in [-0.15, -0.1) is 0 Å². The number of ether oxygens (including phenoxy) is 2. The maximum Gasteiger partial charge on any atom is 0.408 e. The summed E-state index contributed by atoms with van der Waals surface area (Å²) in [7, 11) is 2.68. The molecule has 0 spiro atoms. The molecule has 2 atom stereocenters. The van der Waals surface area contributed by atoms with Gasteiger partial charge in [0.1, 0.15) is 17.7 Å². The number of carbonyl (C=O) groups is 4. The van der Waals surface area contributed by atoms with Crippen LogP contribution in [0.25, 0.3) is 0 Å². The molecule has 9 nitrogen and oxygen atoms in total. The van der Waals surface area contributed by atoms with Gasteiger partial charge in [0.05, 0.1) is 7.11 Å². The third-order valence-electron chi connectivity index (χ3n) is 4.03. The van der Waals surface area contributed by atoms with Crippen LogP contribution >= 0.6 is 0 Å². The van der Waals surface area contributed by atoms with E-state index >= 15 is 0 Å². The Labute approximate surface area is 176 Å². The fraction of sp³-hybridized carbons (Fsp3) is 0.524. The van der Waals surface area contributed by atoms with E-state index < -0.39 is 35.7 Å². The number of hydrogen-bond acceptors (Lipinski definition) is 6. The lowest BCUT2D eigenvalue weighted by Gasteiger charge is -2.25. The summed E-state index contributed by atoms with van der Waals surface area (Å²) in [6.07, 6.45) is -0.476. The topological polar surface area (TPSA) is 123 Å². The van der Waals surface area contributed by atoms with Crippen molar-refractivity contribution in [3.8, 4) is 0 Å². The summed E-state index contributed by atoms with van der Waals surface area (Å²) in [5.41, 5.74) is 0.0774. The van der Waals surface area contributed by atoms with Crippen LogP contribution in [0.3, 0.4) is 0 Å². The van der Waals surface area contributed by atoms with Crippen LogP contribution in [0.1, 0.15) is 39.2 Å². The van der Waals surface area contributed by atoms with Crippen LogP contribution in [0.2, 0.25) is 0 Å². The van der Waals surface area contributed by atoms with Gasteiger partial charge < -0.3 is 25.4 Å². The first-order chi connectivity index (χ1) is 14.1. The number of benzene rings is 1. The number of methoxy groups -OCH3 is 1. The average molecular weight is 421 g/mol. The SMILES string of the molecule is CNC(=O)CC[C@H](NC(=O)[C@H](Cc1ccccc1)NC(=O)OC(C)(C)C)C(=O)OC. The van der Waals surface area contributed by atoms with E-state index in [2.05, 4.69) is 16.0 Å². The van der Waals surface area contributed by atoms with Crippen LogP contribution in [0.4, 0.5) is 4.79 Å². The minimum Gasteiger partial charge on any atom is -0.467 e. The smallest absolute Gasteiger partial charge is 0.408 e. The quantitative estimate of drug-likeness (QED) is 0.517. The van der Waals surface area contributed by atoms with Crippen LogP contribution in [0.5, 0.6) is 0 Å². The van der Waals surface area contributed by atoms with Crippen molar-refractivity contribution in [2.24, 2.45) is 0 Å². The molecule has 0 radical (unpaired) electrons. The minimum absolute atomic E-state index is 0.0272. The van der Waals surface area contributed by atoms with Crippen molar-refractivity contribution in [2.75, 3.05) is 14.2 Å². The Bertz CT molecular complexity index is 730. The first-order valence-corrected chi connectivity index (χ1v) is 9.68. The van der Waals surface area contributed by atoms with Crippen LogP contribution in [0, 0.1) is 0 Å². The third-order valence-corrected chi connectivity index (χ3v) is 4.03. The van der Waals surface area contributed by atoms with Crippen molar-refractivity contribution < 1.29 is 28.7 Å². The number of hydrogen-bond donors (Lipinski definition) is 3. The molecule has 0 aromatic heterocycles. The van der Waals surface area contributed by atoms with Crippen molar-refractivity contribution in [1.82, 2.24) is 16.0 Å². The molecule has 0 aliphatic carbocycles. The molecule has 0 saturated heterocycles. The van der Waals surface area contributed by atoms with Gasteiger partial charge >= 0.3 is 12.1 Å². The van der Waals surface area contributed by atoms with Gasteiger partial charge in [0.25, 0.3) is 0 Å². The highest BCUT2D eigenvalue weighted by Gasteiger charge is 2.29. The highest BCUT2D eigenvalue weighted by Crippen LogP contribution is 2.09. The van der Waals surface area contributed by atoms with E-state index in [4.69, 9.17) is 9.47 Å². The van der Waals surface area contributed by atoms with Crippen LogP contribution in [0.15, 0.2) is 30.3 Å². The number of rotatable bonds is 9. The van der Waals surface area contributed by atoms with Crippen molar-refractivity contribution in [2.45, 2.75) is 57.7 Å². The van der Waals surface area contributed by atoms with Gasteiger partial charge in [0.15, 0.2) is 0 Å². The summed E-state index contributed by atoms with van der Waals surface area (Å²) in [6, 6.07) is 7.09. The third kappa shape index (κ3) is 9.40. The summed E-state index contributed by atoms with van der Waals surface area (Å²) in [4.78, 5) is 48.7. The molecule has 0 fully saturated rings. The van der Waals surface area contributed by atoms with Crippen molar-refractivity contribution in [1.29, 1.82) is 0 Å². The number of nitrogens with one attached hydrogen (secondary N) is 3. The first kappa shape index (κ1) is 24.9. The molecule has 1 aromatic rings. The van der Waals surface area contributed by atoms with Gasteiger partial charge in [-0.25, -0.2) is 9.59 Å². The molecule has 3 amide bonds. The molecule has 0 unspecified atom stereocenters. The molecule has 0 aliphatic heterocycles. The molecule has 0 bridgehead atoms. The van der Waals surface area contributed by atoms with Crippen molar-refractivity contribution in [3.05, 3.63) is 35.9 Å². The number of alkyl carbamates (subject to hydrolysis) is 1. The lowest BCUT2D eigenvalue weighted by molar-refractivity contribution is -0.145. The van der Waals surface area contributed by atoms with E-state index in [0.717, 1.165) is 5.56 Å². The number of esters is 1. The van der Waals surface area contributed by atoms with Crippen LogP contribution in [-0.4, -0.2) is 55.7 Å². The molecule has 3 N–H and O–H groups in total. The fourth-order valence-electron chi connectivity index (χ4n) is 2.57. The second kappa shape index (κ2) is 11.8. The maximum absolute atomic E-state index is 12.9. The van der Waals surface area contributed by atoms with E-state index in [9.17, 15) is 19.2 Å². The largest absolute Gasteiger partial charge is 0.467 e. The Kier molecular flexibility index (Phi) is 9.80. The van der Waals surface area contributed by atoms with Crippen LogP contribution in [-0.2, 0) is 30.3 Å². The van der Waals surface area contributed by atoms with Gasteiger partial charge in [0, 0.05) is 19.9 Å². The highest BCUT2D eigenvalue weighted by molar-refractivity contribution is 5.90. The summed E-state index contributed by atoms with van der Waals surface area (Å²) < 4.78 is 9.98. The zero-order chi connectivity index (χ0) is 22.7. The standard InChI is InChI=1S/C21H31N3O6/c1-21(2,3)30-20(28)24-16(13-14-9-7-6-8-10-14)18(26)23-15(19(27)29-5)11-12-17(25)22-4/h6-10,15-16H,11-13H2,1-5H3,(H,22,25)(H,23,26)(H,24,28)/t15-,16-/m0/s1. The summed E-state index contributed by atoms with van der Waals surface area (Å²) >= 11 is 0. The molecular weight excluding hydrogens is 390 g/mol. The summed E-state index contributed by atoms with van der Waals surface area (Å²) in [5, 5.41) is 7.58. The molecule has 0 saturated carbocycles. The molecule has 0 heterocycles. The van der Waals surface area contributed by atoms with Gasteiger partial charge in [-0.05, 0) is 32.8 Å². The van der Waals surface area contributed by atoms with Crippen molar-refractivity contribution >= 4 is 23.9 Å². The monoisotopic (exact) mass is 421 g/mol. The van der Waals surface area contributed by atoms with Gasteiger partial charge in [-0.3, -0.25) is 9.59 Å². The summed E-state index contributed by atoms with van der Waals surface area (Å²) in [6.45, 7) is 5.14. The zero-order valence-electron chi connectivity index (χ0n) is 18.1.